The maximum Gasteiger partial charge on any atom is 0.286 e. The van der Waals surface area contributed by atoms with Crippen LogP contribution in [-0.4, -0.2) is 58.1 Å². The number of piperazine rings is 1. The maximum atomic E-state index is 13.1. The van der Waals surface area contributed by atoms with Crippen LogP contribution in [-0.2, 0) is 11.4 Å². The third-order valence-corrected chi connectivity index (χ3v) is 7.43. The van der Waals surface area contributed by atoms with Crippen molar-refractivity contribution in [1.29, 1.82) is 16.2 Å². The second kappa shape index (κ2) is 10.0. The van der Waals surface area contributed by atoms with Crippen LogP contribution in [0.15, 0.2) is 17.0 Å². The molecule has 0 aromatic heterocycles. The van der Waals surface area contributed by atoms with Gasteiger partial charge in [0.15, 0.2) is 10.1 Å². The Hall–Kier alpha value is -1.73. The smallest absolute Gasteiger partial charge is 0.286 e. The third-order valence-electron chi connectivity index (χ3n) is 5.39. The van der Waals surface area contributed by atoms with Crippen molar-refractivity contribution in [2.24, 2.45) is 0 Å². The van der Waals surface area contributed by atoms with Gasteiger partial charge in [-0.2, -0.15) is 0 Å². The summed E-state index contributed by atoms with van der Waals surface area (Å²) in [6.07, 6.45) is 0.0394. The van der Waals surface area contributed by atoms with E-state index in [2.05, 4.69) is 34.1 Å². The Labute approximate surface area is 194 Å². The van der Waals surface area contributed by atoms with Gasteiger partial charge in [0.05, 0.1) is 28.3 Å². The first-order valence-corrected chi connectivity index (χ1v) is 12.3. The van der Waals surface area contributed by atoms with Gasteiger partial charge in [0, 0.05) is 49.1 Å². The Morgan fingerprint density at radius 1 is 1.31 bits per heavy atom. The van der Waals surface area contributed by atoms with Crippen LogP contribution in [0.5, 0.6) is 0 Å². The summed E-state index contributed by atoms with van der Waals surface area (Å²) >= 11 is -1.21. The number of halogens is 2. The molecule has 2 aliphatic rings. The summed E-state index contributed by atoms with van der Waals surface area (Å²) in [4.78, 5) is 2.58. The first-order chi connectivity index (χ1) is 15.0. The van der Waals surface area contributed by atoms with Crippen LogP contribution in [0.4, 0.5) is 20.2 Å². The number of amidine groups is 1. The summed E-state index contributed by atoms with van der Waals surface area (Å²) in [5.74, 6) is 0. The fourth-order valence-corrected chi connectivity index (χ4v) is 5.32. The highest BCUT2D eigenvalue weighted by Crippen LogP contribution is 2.38. The summed E-state index contributed by atoms with van der Waals surface area (Å²) in [5.41, 5.74) is 1.31. The molecule has 0 radical (unpaired) electrons. The highest BCUT2D eigenvalue weighted by Gasteiger charge is 2.42. The lowest BCUT2D eigenvalue weighted by molar-refractivity contribution is 0.228. The van der Waals surface area contributed by atoms with Crippen LogP contribution in [0.25, 0.3) is 0 Å². The van der Waals surface area contributed by atoms with Gasteiger partial charge in [0.25, 0.3) is 6.43 Å². The topological polar surface area (TPSA) is 134 Å². The number of hydrogen-bond acceptors (Lipinski definition) is 8. The minimum absolute atomic E-state index is 0.175. The van der Waals surface area contributed by atoms with E-state index in [9.17, 15) is 13.3 Å². The van der Waals surface area contributed by atoms with Crippen molar-refractivity contribution in [1.82, 2.24) is 10.0 Å². The Morgan fingerprint density at radius 2 is 1.94 bits per heavy atom. The van der Waals surface area contributed by atoms with Gasteiger partial charge in [0.2, 0.25) is 0 Å². The molecule has 0 spiro atoms. The van der Waals surface area contributed by atoms with Crippen molar-refractivity contribution in [2.45, 2.75) is 62.6 Å². The molecule has 3 unspecified atom stereocenters. The molecule has 1 heterocycles. The summed E-state index contributed by atoms with van der Waals surface area (Å²) in [6, 6.07) is 3.77. The van der Waals surface area contributed by atoms with Gasteiger partial charge >= 0.3 is 0 Å². The third kappa shape index (κ3) is 6.19. The molecular weight excluding hydrogens is 456 g/mol. The number of rotatable bonds is 7. The zero-order valence-corrected chi connectivity index (χ0v) is 19.9. The monoisotopic (exact) mass is 485 g/mol. The second-order valence-corrected chi connectivity index (χ2v) is 10.8. The molecule has 0 bridgehead atoms. The Kier molecular flexibility index (Phi) is 7.81. The van der Waals surface area contributed by atoms with Gasteiger partial charge in [-0.25, -0.2) is 8.78 Å². The SMILES string of the molecule is CC1CN(c2cc([S+]([O-])NC3(C)CC3)cc(NC(=N)SC(=N)C(F)F)c2C=N)CC(C)N1. The van der Waals surface area contributed by atoms with Gasteiger partial charge in [-0.05, 0) is 45.4 Å². The molecule has 2 fully saturated rings. The van der Waals surface area contributed by atoms with Crippen LogP contribution >= 0.6 is 11.8 Å². The second-order valence-electron chi connectivity index (χ2n) is 8.57. The minimum atomic E-state index is -2.97. The first-order valence-electron chi connectivity index (χ1n) is 10.3. The summed E-state index contributed by atoms with van der Waals surface area (Å²) in [7, 11) is 0. The zero-order chi connectivity index (χ0) is 23.6. The van der Waals surface area contributed by atoms with Gasteiger partial charge in [0.1, 0.15) is 5.04 Å². The molecule has 1 aromatic carbocycles. The van der Waals surface area contributed by atoms with Crippen LogP contribution in [0.2, 0.25) is 0 Å². The van der Waals surface area contributed by atoms with E-state index in [0.717, 1.165) is 19.1 Å². The normalized spacial score (nSPS) is 23.0. The molecule has 1 saturated heterocycles. The van der Waals surface area contributed by atoms with E-state index in [1.165, 1.54) is 0 Å². The molecule has 3 rings (SSSR count). The van der Waals surface area contributed by atoms with Crippen LogP contribution in [0.3, 0.4) is 0 Å². The van der Waals surface area contributed by atoms with Crippen LogP contribution < -0.4 is 20.3 Å². The van der Waals surface area contributed by atoms with Crippen molar-refractivity contribution < 1.29 is 13.3 Å². The average Bonchev–Trinajstić information content (AvgIpc) is 3.42. The van der Waals surface area contributed by atoms with Crippen molar-refractivity contribution in [3.05, 3.63) is 17.7 Å². The van der Waals surface area contributed by atoms with Gasteiger partial charge in [-0.1, -0.05) is 0 Å². The predicted octanol–water partition coefficient (Wildman–Crippen LogP) is 3.36. The number of hydrogen-bond donors (Lipinski definition) is 6. The van der Waals surface area contributed by atoms with E-state index in [1.807, 2.05) is 6.92 Å². The Morgan fingerprint density at radius 3 is 2.47 bits per heavy atom. The highest BCUT2D eigenvalue weighted by atomic mass is 32.2. The molecule has 6 N–H and O–H groups in total. The average molecular weight is 486 g/mol. The summed E-state index contributed by atoms with van der Waals surface area (Å²) in [6.45, 7) is 7.47. The number of nitrogens with zero attached hydrogens (tertiary/aromatic N) is 1. The van der Waals surface area contributed by atoms with Gasteiger partial charge in [-0.3, -0.25) is 10.8 Å². The lowest BCUT2D eigenvalue weighted by Gasteiger charge is -2.38. The quantitative estimate of drug-likeness (QED) is 0.199. The lowest BCUT2D eigenvalue weighted by Crippen LogP contribution is -2.54. The van der Waals surface area contributed by atoms with E-state index >= 15 is 0 Å². The number of benzene rings is 1. The largest absolute Gasteiger partial charge is 0.593 e. The molecule has 8 nitrogen and oxygen atoms in total. The molecule has 1 aliphatic heterocycles. The highest BCUT2D eigenvalue weighted by molar-refractivity contribution is 8.26. The fraction of sp³-hybridized carbons (Fsp3) is 0.550. The Balaban J connectivity index is 1.97. The zero-order valence-electron chi connectivity index (χ0n) is 18.2. The van der Waals surface area contributed by atoms with Crippen LogP contribution in [0, 0.1) is 16.2 Å². The number of anilines is 2. The molecule has 0 amide bonds. The van der Waals surface area contributed by atoms with E-state index < -0.39 is 22.8 Å². The van der Waals surface area contributed by atoms with Crippen molar-refractivity contribution >= 4 is 50.9 Å². The number of thioether (sulfide) groups is 1. The molecule has 1 aliphatic carbocycles. The molecule has 32 heavy (non-hydrogen) atoms. The van der Waals surface area contributed by atoms with E-state index in [0.29, 0.717) is 46.7 Å². The van der Waals surface area contributed by atoms with E-state index in [1.54, 1.807) is 12.1 Å². The summed E-state index contributed by atoms with van der Waals surface area (Å²) in [5, 5.41) is 28.2. The number of alkyl halides is 2. The summed E-state index contributed by atoms with van der Waals surface area (Å²) < 4.78 is 41.6. The van der Waals surface area contributed by atoms with E-state index in [4.69, 9.17) is 16.2 Å². The van der Waals surface area contributed by atoms with Gasteiger partial charge in [-0.15, -0.1) is 4.72 Å². The standard InChI is InChI=1S/C20H29F2N7OS2/c1-11-9-29(10-12(2)26-11)16-7-13(32(30)28-20(3)4-5-20)6-15(14(16)8-23)27-19(25)31-18(24)17(21)22/h6-8,11-12,17,23-24,26,28H,4-5,9-10H2,1-3H3,(H2,25,27). The van der Waals surface area contributed by atoms with Crippen molar-refractivity contribution in [2.75, 3.05) is 23.3 Å². The van der Waals surface area contributed by atoms with Crippen molar-refractivity contribution in [3.8, 4) is 0 Å². The number of nitrogens with one attached hydrogen (secondary N) is 6. The molecule has 12 heteroatoms. The van der Waals surface area contributed by atoms with Gasteiger partial charge < -0.3 is 25.5 Å². The molecule has 1 saturated carbocycles. The molecule has 1 aromatic rings. The van der Waals surface area contributed by atoms with Crippen molar-refractivity contribution in [3.63, 3.8) is 0 Å². The Bertz CT molecular complexity index is 887. The van der Waals surface area contributed by atoms with E-state index in [-0.39, 0.29) is 22.8 Å². The molecule has 176 valence electrons. The maximum absolute atomic E-state index is 13.1. The molecule has 3 atom stereocenters. The molecular formula is C20H29F2N7OS2. The predicted molar refractivity (Wildman–Crippen MR) is 128 cm³/mol. The van der Waals surface area contributed by atoms with Crippen LogP contribution in [0.1, 0.15) is 39.2 Å². The first kappa shape index (κ1) is 24.9. The minimum Gasteiger partial charge on any atom is -0.593 e. The lowest BCUT2D eigenvalue weighted by atomic mass is 10.1. The fourth-order valence-electron chi connectivity index (χ4n) is 3.63.